The first-order chi connectivity index (χ1) is 8.53. The van der Waals surface area contributed by atoms with Crippen molar-refractivity contribution < 1.29 is 17.9 Å². The highest BCUT2D eigenvalue weighted by Gasteiger charge is 2.30. The Labute approximate surface area is 104 Å². The van der Waals surface area contributed by atoms with Gasteiger partial charge in [0.05, 0.1) is 0 Å². The molecule has 0 N–H and O–H groups in total. The molecule has 0 amide bonds. The highest BCUT2D eigenvalue weighted by atomic mass is 19.4. The number of piperidine rings is 1. The molecule has 18 heavy (non-hydrogen) atoms. The molecule has 0 unspecified atom stereocenters. The topological polar surface area (TPSA) is 12.5 Å². The molecule has 1 aromatic carbocycles. The molecular weight excluding hydrogens is 243 g/mol. The van der Waals surface area contributed by atoms with Gasteiger partial charge in [0.1, 0.15) is 5.75 Å². The molecule has 2 rings (SSSR count). The van der Waals surface area contributed by atoms with Gasteiger partial charge in [0.25, 0.3) is 0 Å². The molecule has 1 saturated heterocycles. The number of likely N-dealkylation sites (tertiary alicyclic amines) is 1. The number of hydrogen-bond acceptors (Lipinski definition) is 2. The molecule has 99 valence electrons. The maximum atomic E-state index is 12.0. The standard InChI is InChI=1S/C13H15F3NO/c14-13(15,16)18-12-6-4-11(5-7-12)10-17-8-2-1-3-9-17/h1,4-7H,2-3,8-10H2. The fraction of sp³-hybridized carbons (Fsp3) is 0.462. The van der Waals surface area contributed by atoms with E-state index in [4.69, 9.17) is 0 Å². The van der Waals surface area contributed by atoms with Gasteiger partial charge in [0.15, 0.2) is 0 Å². The second-order valence-electron chi connectivity index (χ2n) is 4.33. The van der Waals surface area contributed by atoms with Crippen molar-refractivity contribution in [3.05, 3.63) is 36.2 Å². The van der Waals surface area contributed by atoms with E-state index in [9.17, 15) is 13.2 Å². The van der Waals surface area contributed by atoms with E-state index in [1.54, 1.807) is 12.1 Å². The minimum Gasteiger partial charge on any atom is -0.406 e. The highest BCUT2D eigenvalue weighted by molar-refractivity contribution is 5.27. The second kappa shape index (κ2) is 5.61. The lowest BCUT2D eigenvalue weighted by Gasteiger charge is -2.26. The maximum Gasteiger partial charge on any atom is 0.573 e. The van der Waals surface area contributed by atoms with Crippen LogP contribution >= 0.6 is 0 Å². The lowest BCUT2D eigenvalue weighted by molar-refractivity contribution is -0.274. The largest absolute Gasteiger partial charge is 0.573 e. The van der Waals surface area contributed by atoms with Crippen LogP contribution in [0.2, 0.25) is 0 Å². The second-order valence-corrected chi connectivity index (χ2v) is 4.33. The van der Waals surface area contributed by atoms with Gasteiger partial charge in [-0.2, -0.15) is 0 Å². The molecule has 1 radical (unpaired) electrons. The smallest absolute Gasteiger partial charge is 0.406 e. The summed E-state index contributed by atoms with van der Waals surface area (Å²) in [5.74, 6) is -0.168. The zero-order chi connectivity index (χ0) is 13.0. The number of alkyl halides is 3. The first-order valence-electron chi connectivity index (χ1n) is 5.92. The van der Waals surface area contributed by atoms with E-state index in [-0.39, 0.29) is 5.75 Å². The van der Waals surface area contributed by atoms with Crippen LogP contribution in [0, 0.1) is 6.42 Å². The molecule has 0 saturated carbocycles. The highest BCUT2D eigenvalue weighted by Crippen LogP contribution is 2.23. The van der Waals surface area contributed by atoms with E-state index >= 15 is 0 Å². The Morgan fingerprint density at radius 3 is 2.22 bits per heavy atom. The fourth-order valence-corrected chi connectivity index (χ4v) is 2.02. The van der Waals surface area contributed by atoms with Crippen molar-refractivity contribution in [2.24, 2.45) is 0 Å². The van der Waals surface area contributed by atoms with Crippen molar-refractivity contribution in [1.82, 2.24) is 4.90 Å². The number of nitrogens with zero attached hydrogens (tertiary/aromatic N) is 1. The summed E-state index contributed by atoms with van der Waals surface area (Å²) in [6.07, 6.45) is -0.203. The van der Waals surface area contributed by atoms with Crippen LogP contribution < -0.4 is 4.74 Å². The van der Waals surface area contributed by atoms with Gasteiger partial charge in [-0.15, -0.1) is 13.2 Å². The molecular formula is C13H15F3NO. The molecule has 5 heteroatoms. The van der Waals surface area contributed by atoms with Crippen LogP contribution in [0.1, 0.15) is 18.4 Å². The van der Waals surface area contributed by atoms with E-state index in [1.165, 1.54) is 12.1 Å². The lowest BCUT2D eigenvalue weighted by Crippen LogP contribution is -2.29. The van der Waals surface area contributed by atoms with Crippen LogP contribution in [0.3, 0.4) is 0 Å². The molecule has 1 aliphatic heterocycles. The van der Waals surface area contributed by atoms with E-state index in [0.717, 1.165) is 38.0 Å². The summed E-state index contributed by atoms with van der Waals surface area (Å²) in [4.78, 5) is 2.29. The SMILES string of the molecule is FC(F)(F)Oc1ccc(CN2CC[CH]CC2)cc1. The minimum absolute atomic E-state index is 0.168. The van der Waals surface area contributed by atoms with Crippen molar-refractivity contribution in [3.8, 4) is 5.75 Å². The van der Waals surface area contributed by atoms with Gasteiger partial charge in [0, 0.05) is 6.54 Å². The lowest BCUT2D eigenvalue weighted by atomic mass is 10.1. The fourth-order valence-electron chi connectivity index (χ4n) is 2.02. The van der Waals surface area contributed by atoms with E-state index in [0.29, 0.717) is 0 Å². The van der Waals surface area contributed by atoms with Gasteiger partial charge in [-0.1, -0.05) is 12.1 Å². The average molecular weight is 258 g/mol. The first-order valence-corrected chi connectivity index (χ1v) is 5.92. The van der Waals surface area contributed by atoms with Gasteiger partial charge in [0.2, 0.25) is 0 Å². The summed E-state index contributed by atoms with van der Waals surface area (Å²) < 4.78 is 39.8. The minimum atomic E-state index is -4.62. The Balaban J connectivity index is 1.90. The molecule has 1 fully saturated rings. The summed E-state index contributed by atoms with van der Waals surface area (Å²) in [7, 11) is 0. The summed E-state index contributed by atoms with van der Waals surface area (Å²) >= 11 is 0. The summed E-state index contributed by atoms with van der Waals surface area (Å²) in [5, 5.41) is 0. The van der Waals surface area contributed by atoms with Crippen molar-refractivity contribution in [3.63, 3.8) is 0 Å². The van der Waals surface area contributed by atoms with Crippen molar-refractivity contribution >= 4 is 0 Å². The Kier molecular flexibility index (Phi) is 4.11. The van der Waals surface area contributed by atoms with Gasteiger partial charge in [-0.25, -0.2) is 0 Å². The predicted molar refractivity (Wildman–Crippen MR) is 61.9 cm³/mol. The van der Waals surface area contributed by atoms with Gasteiger partial charge in [-0.3, -0.25) is 4.90 Å². The van der Waals surface area contributed by atoms with Gasteiger partial charge >= 0.3 is 6.36 Å². The number of rotatable bonds is 3. The molecule has 2 nitrogen and oxygen atoms in total. The van der Waals surface area contributed by atoms with Gasteiger partial charge in [-0.05, 0) is 50.0 Å². The number of halogens is 3. The molecule has 1 heterocycles. The normalized spacial score (nSPS) is 17.7. The van der Waals surface area contributed by atoms with E-state index in [1.807, 2.05) is 0 Å². The Morgan fingerprint density at radius 1 is 1.06 bits per heavy atom. The van der Waals surface area contributed by atoms with E-state index in [2.05, 4.69) is 16.1 Å². The molecule has 0 spiro atoms. The van der Waals surface area contributed by atoms with Crippen molar-refractivity contribution in [2.45, 2.75) is 25.7 Å². The third-order valence-corrected chi connectivity index (χ3v) is 2.86. The van der Waals surface area contributed by atoms with E-state index < -0.39 is 6.36 Å². The number of hydrogen-bond donors (Lipinski definition) is 0. The van der Waals surface area contributed by atoms with Crippen LogP contribution in [0.5, 0.6) is 5.75 Å². The number of ether oxygens (including phenoxy) is 1. The van der Waals surface area contributed by atoms with Crippen LogP contribution in [-0.2, 0) is 6.54 Å². The summed E-state index contributed by atoms with van der Waals surface area (Å²) in [6, 6.07) is 6.08. The Hall–Kier alpha value is -1.23. The first kappa shape index (κ1) is 13.2. The molecule has 0 aliphatic carbocycles. The zero-order valence-electron chi connectivity index (χ0n) is 9.91. The average Bonchev–Trinajstić information content (AvgIpc) is 2.31. The Bertz CT molecular complexity index is 369. The van der Waals surface area contributed by atoms with Gasteiger partial charge < -0.3 is 4.74 Å². The predicted octanol–water partition coefficient (Wildman–Crippen LogP) is 3.39. The quantitative estimate of drug-likeness (QED) is 0.824. The van der Waals surface area contributed by atoms with Crippen LogP contribution in [0.4, 0.5) is 13.2 Å². The molecule has 1 aromatic rings. The Morgan fingerprint density at radius 2 is 1.67 bits per heavy atom. The molecule has 0 bridgehead atoms. The number of benzene rings is 1. The van der Waals surface area contributed by atoms with Crippen molar-refractivity contribution in [1.29, 1.82) is 0 Å². The van der Waals surface area contributed by atoms with Crippen LogP contribution in [0.15, 0.2) is 24.3 Å². The molecule has 1 aliphatic rings. The van der Waals surface area contributed by atoms with Crippen LogP contribution in [0.25, 0.3) is 0 Å². The summed E-state index contributed by atoms with van der Waals surface area (Å²) in [5.41, 5.74) is 1.01. The zero-order valence-corrected chi connectivity index (χ0v) is 9.91. The maximum absolute atomic E-state index is 12.0. The molecule has 0 atom stereocenters. The monoisotopic (exact) mass is 258 g/mol. The van der Waals surface area contributed by atoms with Crippen LogP contribution in [-0.4, -0.2) is 24.4 Å². The van der Waals surface area contributed by atoms with Crippen molar-refractivity contribution in [2.75, 3.05) is 13.1 Å². The molecule has 0 aromatic heterocycles. The summed E-state index contributed by atoms with van der Waals surface area (Å²) in [6.45, 7) is 2.81. The third kappa shape index (κ3) is 4.22. The third-order valence-electron chi connectivity index (χ3n) is 2.86.